The first-order chi connectivity index (χ1) is 7.66. The van der Waals surface area contributed by atoms with Crippen LogP contribution in [0.4, 0.5) is 5.69 Å². The van der Waals surface area contributed by atoms with E-state index in [4.69, 9.17) is 0 Å². The van der Waals surface area contributed by atoms with E-state index in [0.29, 0.717) is 5.92 Å². The van der Waals surface area contributed by atoms with Crippen molar-refractivity contribution in [1.82, 2.24) is 0 Å². The third-order valence-corrected chi connectivity index (χ3v) is 3.13. The van der Waals surface area contributed by atoms with E-state index in [1.54, 1.807) is 0 Å². The van der Waals surface area contributed by atoms with Crippen LogP contribution in [0.1, 0.15) is 31.4 Å². The first-order valence-electron chi connectivity index (χ1n) is 6.19. The van der Waals surface area contributed by atoms with Gasteiger partial charge in [-0.1, -0.05) is 32.1 Å². The Kier molecular flexibility index (Phi) is 3.33. The van der Waals surface area contributed by atoms with Gasteiger partial charge in [-0.05, 0) is 42.0 Å². The summed E-state index contributed by atoms with van der Waals surface area (Å²) in [5.41, 5.74) is 4.25. The van der Waals surface area contributed by atoms with Crippen LogP contribution in [0.15, 0.2) is 24.3 Å². The van der Waals surface area contributed by atoms with Crippen molar-refractivity contribution >= 4 is 11.8 Å². The molecule has 0 radical (unpaired) electrons. The maximum absolute atomic E-state index is 2.36. The normalized spacial score (nSPS) is 15.9. The van der Waals surface area contributed by atoms with Gasteiger partial charge in [-0.3, -0.25) is 0 Å². The van der Waals surface area contributed by atoms with Crippen LogP contribution >= 0.6 is 0 Å². The van der Waals surface area contributed by atoms with Gasteiger partial charge >= 0.3 is 0 Å². The SMILES string of the molecule is CC(C)C=Cc1ccc2c(c1)CCCN2C. The minimum atomic E-state index is 0.624. The van der Waals surface area contributed by atoms with Crippen molar-refractivity contribution in [2.45, 2.75) is 26.7 Å². The minimum Gasteiger partial charge on any atom is -0.374 e. The summed E-state index contributed by atoms with van der Waals surface area (Å²) in [6, 6.07) is 6.82. The van der Waals surface area contributed by atoms with E-state index < -0.39 is 0 Å². The van der Waals surface area contributed by atoms with Gasteiger partial charge in [0.25, 0.3) is 0 Å². The van der Waals surface area contributed by atoms with Crippen LogP contribution in [-0.4, -0.2) is 13.6 Å². The van der Waals surface area contributed by atoms with E-state index in [-0.39, 0.29) is 0 Å². The molecule has 0 saturated carbocycles. The monoisotopic (exact) mass is 215 g/mol. The lowest BCUT2D eigenvalue weighted by Crippen LogP contribution is -2.24. The highest BCUT2D eigenvalue weighted by Crippen LogP contribution is 2.27. The molecule has 86 valence electrons. The van der Waals surface area contributed by atoms with Gasteiger partial charge in [0.15, 0.2) is 0 Å². The molecule has 16 heavy (non-hydrogen) atoms. The first-order valence-corrected chi connectivity index (χ1v) is 6.19. The molecule has 0 unspecified atom stereocenters. The van der Waals surface area contributed by atoms with E-state index in [1.165, 1.54) is 36.2 Å². The van der Waals surface area contributed by atoms with Gasteiger partial charge in [0.2, 0.25) is 0 Å². The smallest absolute Gasteiger partial charge is 0.0396 e. The van der Waals surface area contributed by atoms with Crippen molar-refractivity contribution in [3.63, 3.8) is 0 Å². The van der Waals surface area contributed by atoms with Crippen molar-refractivity contribution in [3.8, 4) is 0 Å². The molecule has 0 N–H and O–H groups in total. The summed E-state index contributed by atoms with van der Waals surface area (Å²) < 4.78 is 0. The lowest BCUT2D eigenvalue weighted by Gasteiger charge is -2.27. The minimum absolute atomic E-state index is 0.624. The van der Waals surface area contributed by atoms with Crippen molar-refractivity contribution < 1.29 is 0 Å². The Morgan fingerprint density at radius 3 is 2.88 bits per heavy atom. The van der Waals surface area contributed by atoms with Gasteiger partial charge in [0, 0.05) is 19.3 Å². The second kappa shape index (κ2) is 4.73. The van der Waals surface area contributed by atoms with Gasteiger partial charge in [0.05, 0.1) is 0 Å². The third-order valence-electron chi connectivity index (χ3n) is 3.13. The number of allylic oxidation sites excluding steroid dienone is 1. The zero-order valence-corrected chi connectivity index (χ0v) is 10.5. The van der Waals surface area contributed by atoms with E-state index in [1.807, 2.05) is 0 Å². The average molecular weight is 215 g/mol. The summed E-state index contributed by atoms with van der Waals surface area (Å²) in [6.07, 6.45) is 7.00. The van der Waals surface area contributed by atoms with Crippen molar-refractivity contribution in [2.75, 3.05) is 18.5 Å². The fraction of sp³-hybridized carbons (Fsp3) is 0.467. The number of aryl methyl sites for hydroxylation is 1. The van der Waals surface area contributed by atoms with Gasteiger partial charge in [-0.2, -0.15) is 0 Å². The molecular formula is C15H21N. The number of anilines is 1. The maximum atomic E-state index is 2.36. The molecule has 0 bridgehead atoms. The predicted octanol–water partition coefficient (Wildman–Crippen LogP) is 3.74. The highest BCUT2D eigenvalue weighted by molar-refractivity contribution is 5.61. The molecule has 1 heterocycles. The van der Waals surface area contributed by atoms with Crippen LogP contribution in [0.2, 0.25) is 0 Å². The molecule has 0 fully saturated rings. The van der Waals surface area contributed by atoms with Gasteiger partial charge < -0.3 is 4.90 Å². The highest BCUT2D eigenvalue weighted by atomic mass is 15.1. The topological polar surface area (TPSA) is 3.24 Å². The quantitative estimate of drug-likeness (QED) is 0.726. The second-order valence-corrected chi connectivity index (χ2v) is 5.02. The Bertz CT molecular complexity index is 390. The molecule has 0 atom stereocenters. The van der Waals surface area contributed by atoms with E-state index in [2.05, 4.69) is 56.1 Å². The molecule has 1 aliphatic heterocycles. The zero-order chi connectivity index (χ0) is 11.5. The molecule has 1 aromatic carbocycles. The Balaban J connectivity index is 2.25. The molecule has 0 amide bonds. The van der Waals surface area contributed by atoms with Gasteiger partial charge in [-0.25, -0.2) is 0 Å². The lowest BCUT2D eigenvalue weighted by molar-refractivity contribution is 0.744. The Morgan fingerprint density at radius 2 is 2.12 bits per heavy atom. The first kappa shape index (κ1) is 11.3. The van der Waals surface area contributed by atoms with Crippen LogP contribution in [0.5, 0.6) is 0 Å². The van der Waals surface area contributed by atoms with Crippen LogP contribution in [0.25, 0.3) is 6.08 Å². The van der Waals surface area contributed by atoms with Gasteiger partial charge in [0.1, 0.15) is 0 Å². The fourth-order valence-electron chi connectivity index (χ4n) is 2.21. The second-order valence-electron chi connectivity index (χ2n) is 5.02. The Labute approximate surface area is 98.8 Å². The lowest BCUT2D eigenvalue weighted by atomic mass is 9.99. The van der Waals surface area contributed by atoms with Crippen molar-refractivity contribution in [1.29, 1.82) is 0 Å². The third kappa shape index (κ3) is 2.46. The highest BCUT2D eigenvalue weighted by Gasteiger charge is 2.12. The number of hydrogen-bond donors (Lipinski definition) is 0. The molecule has 0 spiro atoms. The molecule has 1 aromatic rings. The van der Waals surface area contributed by atoms with Crippen LogP contribution < -0.4 is 4.90 Å². The Hall–Kier alpha value is -1.24. The number of hydrogen-bond acceptors (Lipinski definition) is 1. The molecule has 1 aliphatic rings. The fourth-order valence-corrected chi connectivity index (χ4v) is 2.21. The summed E-state index contributed by atoms with van der Waals surface area (Å²) in [4.78, 5) is 2.36. The van der Waals surface area contributed by atoms with Crippen LogP contribution in [0, 0.1) is 5.92 Å². The van der Waals surface area contributed by atoms with E-state index in [9.17, 15) is 0 Å². The van der Waals surface area contributed by atoms with Crippen LogP contribution in [0.3, 0.4) is 0 Å². The number of fused-ring (bicyclic) bond motifs is 1. The standard InChI is InChI=1S/C15H21N/c1-12(2)6-7-13-8-9-15-14(11-13)5-4-10-16(15)3/h6-9,11-12H,4-5,10H2,1-3H3. The van der Waals surface area contributed by atoms with E-state index >= 15 is 0 Å². The predicted molar refractivity (Wildman–Crippen MR) is 71.9 cm³/mol. The van der Waals surface area contributed by atoms with Gasteiger partial charge in [-0.15, -0.1) is 0 Å². The molecule has 1 heteroatoms. The molecular weight excluding hydrogens is 194 g/mol. The molecule has 1 nitrogen and oxygen atoms in total. The number of benzene rings is 1. The van der Waals surface area contributed by atoms with Crippen LogP contribution in [-0.2, 0) is 6.42 Å². The molecule has 2 rings (SSSR count). The summed E-state index contributed by atoms with van der Waals surface area (Å²) >= 11 is 0. The number of rotatable bonds is 2. The Morgan fingerprint density at radius 1 is 1.31 bits per heavy atom. The average Bonchev–Trinajstić information content (AvgIpc) is 2.26. The molecule has 0 aliphatic carbocycles. The summed E-state index contributed by atoms with van der Waals surface area (Å²) in [6.45, 7) is 5.61. The molecule has 0 saturated heterocycles. The zero-order valence-electron chi connectivity index (χ0n) is 10.5. The summed E-state index contributed by atoms with van der Waals surface area (Å²) in [7, 11) is 2.18. The van der Waals surface area contributed by atoms with Crippen molar-refractivity contribution in [2.24, 2.45) is 5.92 Å². The number of nitrogens with zero attached hydrogens (tertiary/aromatic N) is 1. The van der Waals surface area contributed by atoms with Crippen molar-refractivity contribution in [3.05, 3.63) is 35.4 Å². The van der Waals surface area contributed by atoms with E-state index in [0.717, 1.165) is 0 Å². The molecule has 0 aromatic heterocycles. The summed E-state index contributed by atoms with van der Waals surface area (Å²) in [5.74, 6) is 0.624. The maximum Gasteiger partial charge on any atom is 0.0396 e. The largest absolute Gasteiger partial charge is 0.374 e. The summed E-state index contributed by atoms with van der Waals surface area (Å²) in [5, 5.41) is 0.